The molecule has 0 aromatic heterocycles. The maximum absolute atomic E-state index is 14.9. The predicted molar refractivity (Wildman–Crippen MR) is 160 cm³/mol. The maximum Gasteiger partial charge on any atom is 0.238 e. The minimum absolute atomic E-state index is 0.265. The third-order valence-corrected chi connectivity index (χ3v) is 8.80. The predicted octanol–water partition coefficient (Wildman–Crippen LogP) is 5.56. The molecule has 4 unspecified atom stereocenters. The van der Waals surface area contributed by atoms with Gasteiger partial charge in [0.25, 0.3) is 0 Å². The Morgan fingerprint density at radius 3 is 2.14 bits per heavy atom. The number of para-hydroxylation sites is 2. The Morgan fingerprint density at radius 2 is 1.43 bits per heavy atom. The summed E-state index contributed by atoms with van der Waals surface area (Å²) in [5, 5.41) is 3.06. The van der Waals surface area contributed by atoms with Gasteiger partial charge in [-0.05, 0) is 47.5 Å². The SMILES string of the molecule is COc1cccc(C(=O)C2C(C(=O)c3cccc(OC)c3)C3(C(=O)Nc4ccccc43)C3C=Cc4ccccc4N23)c1. The Bertz CT molecular complexity index is 1800. The number of ketones is 2. The lowest BCUT2D eigenvalue weighted by atomic mass is 9.64. The van der Waals surface area contributed by atoms with E-state index in [1.165, 1.54) is 0 Å². The van der Waals surface area contributed by atoms with E-state index in [1.807, 2.05) is 65.6 Å². The van der Waals surface area contributed by atoms with E-state index in [4.69, 9.17) is 9.47 Å². The summed E-state index contributed by atoms with van der Waals surface area (Å²) in [6, 6.07) is 27.5. The number of amides is 1. The quantitative estimate of drug-likeness (QED) is 0.313. The molecule has 4 atom stereocenters. The highest BCUT2D eigenvalue weighted by Crippen LogP contribution is 2.58. The first kappa shape index (κ1) is 25.8. The number of ether oxygens (including phenoxy) is 2. The average molecular weight is 557 g/mol. The van der Waals surface area contributed by atoms with Crippen molar-refractivity contribution >= 4 is 34.9 Å². The van der Waals surface area contributed by atoms with Gasteiger partial charge < -0.3 is 19.7 Å². The van der Waals surface area contributed by atoms with E-state index in [1.54, 1.807) is 62.8 Å². The molecular formula is C35H28N2O5. The highest BCUT2D eigenvalue weighted by molar-refractivity contribution is 6.18. The second-order valence-electron chi connectivity index (χ2n) is 10.8. The van der Waals surface area contributed by atoms with Crippen molar-refractivity contribution < 1.29 is 23.9 Å². The van der Waals surface area contributed by atoms with Gasteiger partial charge in [0.05, 0.1) is 26.2 Å². The van der Waals surface area contributed by atoms with Crippen molar-refractivity contribution in [2.75, 3.05) is 24.4 Å². The number of nitrogens with zero attached hydrogens (tertiary/aromatic N) is 1. The average Bonchev–Trinajstić information content (AvgIpc) is 3.52. The number of benzene rings is 4. The molecule has 3 heterocycles. The van der Waals surface area contributed by atoms with Gasteiger partial charge in [-0.15, -0.1) is 0 Å². The number of carbonyl (C=O) groups excluding carboxylic acids is 3. The molecule has 42 heavy (non-hydrogen) atoms. The molecule has 7 heteroatoms. The van der Waals surface area contributed by atoms with Gasteiger partial charge in [-0.2, -0.15) is 0 Å². The molecule has 0 bridgehead atoms. The van der Waals surface area contributed by atoms with Crippen LogP contribution in [0.2, 0.25) is 0 Å². The first-order valence-corrected chi connectivity index (χ1v) is 13.8. The van der Waals surface area contributed by atoms with Gasteiger partial charge in [-0.1, -0.05) is 72.8 Å². The Morgan fingerprint density at radius 1 is 0.786 bits per heavy atom. The van der Waals surface area contributed by atoms with Crippen LogP contribution >= 0.6 is 0 Å². The van der Waals surface area contributed by atoms with E-state index in [-0.39, 0.29) is 17.5 Å². The van der Waals surface area contributed by atoms with E-state index >= 15 is 0 Å². The maximum atomic E-state index is 14.9. The third-order valence-electron chi connectivity index (χ3n) is 8.80. The number of hydrogen-bond acceptors (Lipinski definition) is 6. The number of hydrogen-bond donors (Lipinski definition) is 1. The summed E-state index contributed by atoms with van der Waals surface area (Å²) >= 11 is 0. The van der Waals surface area contributed by atoms with Crippen LogP contribution in [0.1, 0.15) is 31.8 Å². The molecule has 4 aromatic rings. The molecular weight excluding hydrogens is 528 g/mol. The lowest BCUT2D eigenvalue weighted by Gasteiger charge is -2.37. The van der Waals surface area contributed by atoms with E-state index < -0.39 is 23.4 Å². The number of rotatable bonds is 6. The molecule has 1 N–H and O–H groups in total. The van der Waals surface area contributed by atoms with Gasteiger partial charge in [0.15, 0.2) is 11.6 Å². The number of nitrogens with one attached hydrogen (secondary N) is 1. The van der Waals surface area contributed by atoms with E-state index in [9.17, 15) is 14.4 Å². The molecule has 3 aliphatic rings. The van der Waals surface area contributed by atoms with E-state index in [0.717, 1.165) is 11.3 Å². The molecule has 4 aromatic carbocycles. The fourth-order valence-corrected chi connectivity index (χ4v) is 7.02. The summed E-state index contributed by atoms with van der Waals surface area (Å²) in [5.74, 6) is -0.884. The number of carbonyl (C=O) groups is 3. The minimum atomic E-state index is -1.38. The van der Waals surface area contributed by atoms with E-state index in [0.29, 0.717) is 33.9 Å². The van der Waals surface area contributed by atoms with Crippen LogP contribution < -0.4 is 19.7 Å². The molecule has 1 saturated heterocycles. The largest absolute Gasteiger partial charge is 0.497 e. The molecule has 0 radical (unpaired) electrons. The van der Waals surface area contributed by atoms with Crippen molar-refractivity contribution in [1.82, 2.24) is 0 Å². The zero-order valence-corrected chi connectivity index (χ0v) is 23.1. The van der Waals surface area contributed by atoms with Crippen LogP contribution in [0.5, 0.6) is 11.5 Å². The van der Waals surface area contributed by atoms with Crippen molar-refractivity contribution in [1.29, 1.82) is 0 Å². The van der Waals surface area contributed by atoms with Crippen LogP contribution in [0, 0.1) is 5.92 Å². The monoisotopic (exact) mass is 556 g/mol. The lowest BCUT2D eigenvalue weighted by Crippen LogP contribution is -2.51. The minimum Gasteiger partial charge on any atom is -0.497 e. The first-order valence-electron chi connectivity index (χ1n) is 13.8. The van der Waals surface area contributed by atoms with Gasteiger partial charge in [0.2, 0.25) is 5.91 Å². The molecule has 7 rings (SSSR count). The molecule has 0 aliphatic carbocycles. The smallest absolute Gasteiger partial charge is 0.238 e. The second-order valence-corrected chi connectivity index (χ2v) is 10.8. The second kappa shape index (κ2) is 9.73. The van der Waals surface area contributed by atoms with Crippen molar-refractivity contribution in [2.45, 2.75) is 17.5 Å². The van der Waals surface area contributed by atoms with Crippen LogP contribution in [0.15, 0.2) is 103 Å². The summed E-state index contributed by atoms with van der Waals surface area (Å²) in [7, 11) is 3.09. The molecule has 0 saturated carbocycles. The standard InChI is InChI=1S/C35H28N2O5/c1-41-24-12-7-10-22(19-24)32(38)30-31(33(39)23-11-8-13-25(20-23)42-2)37-28-16-6-3-9-21(28)17-18-29(37)35(30)26-14-4-5-15-27(26)36-34(35)40/h3-20,29-31H,1-2H3,(H,36,40). The van der Waals surface area contributed by atoms with Gasteiger partial charge in [-0.25, -0.2) is 0 Å². The van der Waals surface area contributed by atoms with Crippen molar-refractivity contribution in [3.05, 3.63) is 125 Å². The van der Waals surface area contributed by atoms with Crippen LogP contribution in [0.3, 0.4) is 0 Å². The Labute approximate surface area is 243 Å². The van der Waals surface area contributed by atoms with Crippen molar-refractivity contribution in [3.63, 3.8) is 0 Å². The third kappa shape index (κ3) is 3.56. The van der Waals surface area contributed by atoms with Crippen LogP contribution in [-0.4, -0.2) is 43.8 Å². The number of methoxy groups -OCH3 is 2. The Hall–Kier alpha value is -5.17. The Kier molecular flexibility index (Phi) is 5.97. The fourth-order valence-electron chi connectivity index (χ4n) is 7.02. The van der Waals surface area contributed by atoms with Crippen LogP contribution in [0.25, 0.3) is 6.08 Å². The zero-order chi connectivity index (χ0) is 29.0. The van der Waals surface area contributed by atoms with Gasteiger partial charge >= 0.3 is 0 Å². The molecule has 208 valence electrons. The van der Waals surface area contributed by atoms with E-state index in [2.05, 4.69) is 5.32 Å². The first-order chi connectivity index (χ1) is 20.5. The van der Waals surface area contributed by atoms with Crippen LogP contribution in [-0.2, 0) is 10.2 Å². The van der Waals surface area contributed by atoms with Gasteiger partial charge in [-0.3, -0.25) is 14.4 Å². The fraction of sp³-hybridized carbons (Fsp3) is 0.171. The topological polar surface area (TPSA) is 84.9 Å². The Balaban J connectivity index is 1.53. The zero-order valence-electron chi connectivity index (χ0n) is 23.1. The number of fused-ring (bicyclic) bond motifs is 6. The number of Topliss-reactive ketones (excluding diaryl/α,β-unsaturated/α-hetero) is 2. The van der Waals surface area contributed by atoms with Crippen molar-refractivity contribution in [3.8, 4) is 11.5 Å². The molecule has 1 spiro atoms. The molecule has 1 fully saturated rings. The molecule has 3 aliphatic heterocycles. The van der Waals surface area contributed by atoms with Gasteiger partial charge in [0, 0.05) is 22.5 Å². The highest BCUT2D eigenvalue weighted by atomic mass is 16.5. The lowest BCUT2D eigenvalue weighted by molar-refractivity contribution is -0.121. The molecule has 1 amide bonds. The molecule has 7 nitrogen and oxygen atoms in total. The summed E-state index contributed by atoms with van der Waals surface area (Å²) in [5.41, 5.74) is 2.45. The summed E-state index contributed by atoms with van der Waals surface area (Å²) < 4.78 is 10.9. The van der Waals surface area contributed by atoms with Gasteiger partial charge in [0.1, 0.15) is 23.0 Å². The normalized spacial score (nSPS) is 23.1. The highest BCUT2D eigenvalue weighted by Gasteiger charge is 2.70. The summed E-state index contributed by atoms with van der Waals surface area (Å²) in [4.78, 5) is 46.1. The van der Waals surface area contributed by atoms with Crippen LogP contribution in [0.4, 0.5) is 11.4 Å². The summed E-state index contributed by atoms with van der Waals surface area (Å²) in [6.45, 7) is 0. The summed E-state index contributed by atoms with van der Waals surface area (Å²) in [6.07, 6.45) is 3.95. The van der Waals surface area contributed by atoms with Crippen molar-refractivity contribution in [2.24, 2.45) is 5.92 Å². The number of anilines is 2.